The minimum Gasteiger partial charge on any atom is -0.497 e. The summed E-state index contributed by atoms with van der Waals surface area (Å²) in [5, 5.41) is 7.83. The smallest absolute Gasteiger partial charge is 0.274 e. The maximum atomic E-state index is 12.5. The number of carbonyl (C=O) groups excluding carboxylic acids is 1. The highest BCUT2D eigenvalue weighted by Crippen LogP contribution is 2.18. The van der Waals surface area contributed by atoms with Crippen molar-refractivity contribution in [2.45, 2.75) is 0 Å². The molecule has 0 radical (unpaired) electrons. The van der Waals surface area contributed by atoms with E-state index in [0.29, 0.717) is 18.8 Å². The number of H-pyrrole nitrogens is 1. The van der Waals surface area contributed by atoms with E-state index in [2.05, 4.69) is 10.2 Å². The largest absolute Gasteiger partial charge is 0.497 e. The molecule has 0 aliphatic rings. The molecule has 0 spiro atoms. The zero-order chi connectivity index (χ0) is 16.9. The Morgan fingerprint density at radius 1 is 1.12 bits per heavy atom. The van der Waals surface area contributed by atoms with Crippen molar-refractivity contribution in [3.63, 3.8) is 0 Å². The van der Waals surface area contributed by atoms with Crippen molar-refractivity contribution in [1.29, 1.82) is 0 Å². The first-order valence-electron chi connectivity index (χ1n) is 7.64. The highest BCUT2D eigenvalue weighted by molar-refractivity contribution is 6.04. The number of aromatic nitrogens is 2. The van der Waals surface area contributed by atoms with Gasteiger partial charge in [-0.3, -0.25) is 9.89 Å². The molecule has 1 heterocycles. The number of ether oxygens (including phenoxy) is 2. The van der Waals surface area contributed by atoms with Gasteiger partial charge in [-0.2, -0.15) is 5.10 Å². The lowest BCUT2D eigenvalue weighted by Gasteiger charge is -2.16. The lowest BCUT2D eigenvalue weighted by atomic mass is 10.2. The molecule has 1 aromatic heterocycles. The molecular formula is C18H19N3O3. The number of benzene rings is 2. The van der Waals surface area contributed by atoms with Crippen LogP contribution in [0.1, 0.15) is 10.5 Å². The fraction of sp³-hybridized carbons (Fsp3) is 0.222. The van der Waals surface area contributed by atoms with Crippen LogP contribution in [0.15, 0.2) is 48.5 Å². The van der Waals surface area contributed by atoms with Crippen LogP contribution in [0.4, 0.5) is 0 Å². The van der Waals surface area contributed by atoms with E-state index in [9.17, 15) is 4.79 Å². The molecule has 0 bridgehead atoms. The Morgan fingerprint density at radius 2 is 1.83 bits per heavy atom. The Bertz CT molecular complexity index is 827. The Kier molecular flexibility index (Phi) is 4.65. The fourth-order valence-corrected chi connectivity index (χ4v) is 2.38. The first kappa shape index (κ1) is 15.9. The van der Waals surface area contributed by atoms with Gasteiger partial charge in [-0.15, -0.1) is 0 Å². The highest BCUT2D eigenvalue weighted by Gasteiger charge is 2.17. The van der Waals surface area contributed by atoms with Gasteiger partial charge in [0.25, 0.3) is 5.91 Å². The molecule has 0 fully saturated rings. The van der Waals surface area contributed by atoms with Crippen LogP contribution in [0.5, 0.6) is 11.5 Å². The number of carbonyl (C=O) groups is 1. The summed E-state index contributed by atoms with van der Waals surface area (Å²) in [5.41, 5.74) is 1.28. The van der Waals surface area contributed by atoms with Crippen molar-refractivity contribution in [3.8, 4) is 11.5 Å². The van der Waals surface area contributed by atoms with Crippen molar-refractivity contribution in [3.05, 3.63) is 54.2 Å². The van der Waals surface area contributed by atoms with Gasteiger partial charge in [0.05, 0.1) is 19.2 Å². The van der Waals surface area contributed by atoms with Crippen molar-refractivity contribution >= 4 is 16.8 Å². The molecule has 3 aromatic rings. The lowest BCUT2D eigenvalue weighted by Crippen LogP contribution is -2.31. The summed E-state index contributed by atoms with van der Waals surface area (Å²) in [7, 11) is 3.36. The van der Waals surface area contributed by atoms with Gasteiger partial charge < -0.3 is 14.4 Å². The molecule has 1 amide bonds. The maximum absolute atomic E-state index is 12.5. The average Bonchev–Trinajstić information content (AvgIpc) is 3.05. The van der Waals surface area contributed by atoms with Crippen molar-refractivity contribution < 1.29 is 14.3 Å². The van der Waals surface area contributed by atoms with Gasteiger partial charge in [-0.05, 0) is 30.3 Å². The van der Waals surface area contributed by atoms with Crippen LogP contribution < -0.4 is 9.47 Å². The van der Waals surface area contributed by atoms with Crippen LogP contribution in [0, 0.1) is 0 Å². The summed E-state index contributed by atoms with van der Waals surface area (Å²) < 4.78 is 10.8. The molecule has 1 N–H and O–H groups in total. The molecule has 6 heteroatoms. The number of nitrogens with one attached hydrogen (secondary N) is 1. The quantitative estimate of drug-likeness (QED) is 0.757. The van der Waals surface area contributed by atoms with Gasteiger partial charge in [0.15, 0.2) is 5.69 Å². The maximum Gasteiger partial charge on any atom is 0.274 e. The minimum absolute atomic E-state index is 0.134. The van der Waals surface area contributed by atoms with E-state index in [0.717, 1.165) is 22.4 Å². The molecule has 124 valence electrons. The molecule has 0 aliphatic heterocycles. The van der Waals surface area contributed by atoms with Gasteiger partial charge in [-0.25, -0.2) is 0 Å². The number of amides is 1. The van der Waals surface area contributed by atoms with Crippen molar-refractivity contribution in [2.75, 3.05) is 27.3 Å². The van der Waals surface area contributed by atoms with Crippen molar-refractivity contribution in [2.24, 2.45) is 0 Å². The SMILES string of the molecule is COc1ccc(OCCN(C)C(=O)c2n[nH]c3ccccc23)cc1. The Labute approximate surface area is 140 Å². The van der Waals surface area contributed by atoms with Gasteiger partial charge in [0.2, 0.25) is 0 Å². The number of likely N-dealkylation sites (N-methyl/N-ethyl adjacent to an activating group) is 1. The topological polar surface area (TPSA) is 67.5 Å². The third-order valence-corrected chi connectivity index (χ3v) is 3.77. The summed E-state index contributed by atoms with van der Waals surface area (Å²) in [5.74, 6) is 1.38. The number of hydrogen-bond acceptors (Lipinski definition) is 4. The molecule has 6 nitrogen and oxygen atoms in total. The molecule has 0 saturated carbocycles. The molecular weight excluding hydrogens is 306 g/mol. The Balaban J connectivity index is 1.58. The van der Waals surface area contributed by atoms with Crippen molar-refractivity contribution in [1.82, 2.24) is 15.1 Å². The third-order valence-electron chi connectivity index (χ3n) is 3.77. The molecule has 0 aliphatic carbocycles. The molecule has 0 saturated heterocycles. The molecule has 2 aromatic carbocycles. The van der Waals surface area contributed by atoms with Crippen LogP contribution in [0.25, 0.3) is 10.9 Å². The molecule has 3 rings (SSSR count). The van der Waals surface area contributed by atoms with E-state index in [-0.39, 0.29) is 5.91 Å². The first-order valence-corrected chi connectivity index (χ1v) is 7.64. The number of fused-ring (bicyclic) bond motifs is 1. The minimum atomic E-state index is -0.134. The van der Waals surface area contributed by atoms with Gasteiger partial charge in [0.1, 0.15) is 18.1 Å². The first-order chi connectivity index (χ1) is 11.7. The second-order valence-electron chi connectivity index (χ2n) is 5.37. The fourth-order valence-electron chi connectivity index (χ4n) is 2.38. The van der Waals surface area contributed by atoms with E-state index in [1.807, 2.05) is 48.5 Å². The van der Waals surface area contributed by atoms with E-state index < -0.39 is 0 Å². The van der Waals surface area contributed by atoms with E-state index in [4.69, 9.17) is 9.47 Å². The van der Waals surface area contributed by atoms with E-state index in [1.54, 1.807) is 19.1 Å². The standard InChI is InChI=1S/C18H19N3O3/c1-21(11-12-24-14-9-7-13(23-2)8-10-14)18(22)17-15-5-3-4-6-16(15)19-20-17/h3-10H,11-12H2,1-2H3,(H,19,20). The third kappa shape index (κ3) is 3.32. The number of methoxy groups -OCH3 is 1. The van der Waals surface area contributed by atoms with Crippen LogP contribution in [0.2, 0.25) is 0 Å². The number of para-hydroxylation sites is 1. The number of aromatic amines is 1. The zero-order valence-corrected chi connectivity index (χ0v) is 13.7. The highest BCUT2D eigenvalue weighted by atomic mass is 16.5. The normalized spacial score (nSPS) is 10.6. The van der Waals surface area contributed by atoms with E-state index >= 15 is 0 Å². The summed E-state index contributed by atoms with van der Waals surface area (Å²) in [4.78, 5) is 14.1. The van der Waals surface area contributed by atoms with Gasteiger partial charge >= 0.3 is 0 Å². The Morgan fingerprint density at radius 3 is 2.58 bits per heavy atom. The Hall–Kier alpha value is -3.02. The summed E-state index contributed by atoms with van der Waals surface area (Å²) in [6.45, 7) is 0.864. The monoisotopic (exact) mass is 325 g/mol. The number of rotatable bonds is 6. The number of hydrogen-bond donors (Lipinski definition) is 1. The molecule has 24 heavy (non-hydrogen) atoms. The predicted molar refractivity (Wildman–Crippen MR) is 91.5 cm³/mol. The molecule has 0 atom stereocenters. The van der Waals surface area contributed by atoms with Crippen LogP contribution in [-0.4, -0.2) is 48.3 Å². The van der Waals surface area contributed by atoms with E-state index in [1.165, 1.54) is 0 Å². The second-order valence-corrected chi connectivity index (χ2v) is 5.37. The van der Waals surface area contributed by atoms with Crippen LogP contribution >= 0.6 is 0 Å². The molecule has 0 unspecified atom stereocenters. The predicted octanol–water partition coefficient (Wildman–Crippen LogP) is 2.72. The average molecular weight is 325 g/mol. The lowest BCUT2D eigenvalue weighted by molar-refractivity contribution is 0.0770. The summed E-state index contributed by atoms with van der Waals surface area (Å²) >= 11 is 0. The van der Waals surface area contributed by atoms with Crippen LogP contribution in [0.3, 0.4) is 0 Å². The summed E-state index contributed by atoms with van der Waals surface area (Å²) in [6.07, 6.45) is 0. The van der Waals surface area contributed by atoms with Gasteiger partial charge in [0, 0.05) is 12.4 Å². The van der Waals surface area contributed by atoms with Crippen LogP contribution in [-0.2, 0) is 0 Å². The second kappa shape index (κ2) is 7.04. The zero-order valence-electron chi connectivity index (χ0n) is 13.7. The summed E-state index contributed by atoms with van der Waals surface area (Å²) in [6, 6.07) is 14.9. The number of nitrogens with zero attached hydrogens (tertiary/aromatic N) is 2. The van der Waals surface area contributed by atoms with Gasteiger partial charge in [-0.1, -0.05) is 18.2 Å².